The summed E-state index contributed by atoms with van der Waals surface area (Å²) in [5.41, 5.74) is 0.763. The van der Waals surface area contributed by atoms with Gasteiger partial charge in [0.1, 0.15) is 5.75 Å². The zero-order valence-corrected chi connectivity index (χ0v) is 12.7. The van der Waals surface area contributed by atoms with Crippen molar-refractivity contribution in [2.75, 3.05) is 24.5 Å². The summed E-state index contributed by atoms with van der Waals surface area (Å²) in [5, 5.41) is 3.56. The fraction of sp³-hybridized carbons (Fsp3) is 0.625. The van der Waals surface area contributed by atoms with Gasteiger partial charge >= 0.3 is 6.61 Å². The third-order valence-electron chi connectivity index (χ3n) is 3.98. The summed E-state index contributed by atoms with van der Waals surface area (Å²) in [6.45, 7) is 4.31. The van der Waals surface area contributed by atoms with Crippen LogP contribution in [0.3, 0.4) is 0 Å². The first-order valence-corrected chi connectivity index (χ1v) is 7.64. The summed E-state index contributed by atoms with van der Waals surface area (Å²) < 4.78 is 29.6. The zero-order chi connectivity index (χ0) is 15.2. The van der Waals surface area contributed by atoms with Crippen LogP contribution in [0.2, 0.25) is 0 Å². The van der Waals surface area contributed by atoms with Gasteiger partial charge in [0.25, 0.3) is 0 Å². The molecule has 118 valence electrons. The van der Waals surface area contributed by atoms with E-state index >= 15 is 0 Å². The average Bonchev–Trinajstić information content (AvgIpc) is 2.46. The molecule has 21 heavy (non-hydrogen) atoms. The lowest BCUT2D eigenvalue weighted by molar-refractivity contribution is -0.0495. The number of para-hydroxylation sites is 2. The van der Waals surface area contributed by atoms with Crippen molar-refractivity contribution >= 4 is 5.69 Å². The Morgan fingerprint density at radius 3 is 2.81 bits per heavy atom. The first-order valence-electron chi connectivity index (χ1n) is 7.64. The van der Waals surface area contributed by atoms with Crippen molar-refractivity contribution in [3.8, 4) is 5.75 Å². The number of anilines is 1. The largest absolute Gasteiger partial charge is 0.433 e. The molecule has 0 amide bonds. The Kier molecular flexibility index (Phi) is 5.79. The van der Waals surface area contributed by atoms with Crippen LogP contribution in [0.1, 0.15) is 26.7 Å². The third-order valence-corrected chi connectivity index (χ3v) is 3.98. The minimum absolute atomic E-state index is 0.264. The molecule has 3 nitrogen and oxygen atoms in total. The number of hydrogen-bond acceptors (Lipinski definition) is 3. The van der Waals surface area contributed by atoms with Gasteiger partial charge in [-0.15, -0.1) is 0 Å². The molecule has 0 saturated carbocycles. The van der Waals surface area contributed by atoms with Gasteiger partial charge in [-0.1, -0.05) is 26.0 Å². The van der Waals surface area contributed by atoms with Gasteiger partial charge in [-0.2, -0.15) is 8.78 Å². The quantitative estimate of drug-likeness (QED) is 0.870. The van der Waals surface area contributed by atoms with E-state index in [9.17, 15) is 8.78 Å². The monoisotopic (exact) mass is 298 g/mol. The van der Waals surface area contributed by atoms with Gasteiger partial charge in [0.15, 0.2) is 0 Å². The maximum absolute atomic E-state index is 12.5. The van der Waals surface area contributed by atoms with Crippen LogP contribution < -0.4 is 15.0 Å². The highest BCUT2D eigenvalue weighted by atomic mass is 19.3. The van der Waals surface area contributed by atoms with Crippen molar-refractivity contribution < 1.29 is 13.5 Å². The summed E-state index contributed by atoms with van der Waals surface area (Å²) in [6, 6.07) is 7.54. The van der Waals surface area contributed by atoms with E-state index in [1.165, 1.54) is 0 Å². The standard InChI is InChI=1S/C16H24F2N2O/c1-3-9-19-13-8-10-20(11-12(13)2)14-6-4-5-7-15(14)21-16(17)18/h4-7,12-13,16,19H,3,8-11H2,1-2H3. The predicted molar refractivity (Wildman–Crippen MR) is 81.1 cm³/mol. The molecule has 1 fully saturated rings. The normalized spacial score (nSPS) is 22.6. The van der Waals surface area contributed by atoms with Gasteiger partial charge in [0.05, 0.1) is 5.69 Å². The molecule has 0 bridgehead atoms. The molecule has 0 spiro atoms. The highest BCUT2D eigenvalue weighted by Crippen LogP contribution is 2.32. The fourth-order valence-electron chi connectivity index (χ4n) is 2.91. The Bertz CT molecular complexity index is 442. The number of piperidine rings is 1. The van der Waals surface area contributed by atoms with Crippen LogP contribution in [0.25, 0.3) is 0 Å². The smallest absolute Gasteiger partial charge is 0.387 e. The molecule has 0 aromatic heterocycles. The molecule has 1 aromatic rings. The SMILES string of the molecule is CCCNC1CCN(c2ccccc2OC(F)F)CC1C. The maximum atomic E-state index is 12.5. The summed E-state index contributed by atoms with van der Waals surface area (Å²) in [4.78, 5) is 2.15. The second-order valence-electron chi connectivity index (χ2n) is 5.62. The van der Waals surface area contributed by atoms with Crippen LogP contribution in [0.5, 0.6) is 5.75 Å². The molecule has 5 heteroatoms. The fourth-order valence-corrected chi connectivity index (χ4v) is 2.91. The van der Waals surface area contributed by atoms with Gasteiger partial charge in [-0.05, 0) is 37.4 Å². The first kappa shape index (κ1) is 16.0. The molecule has 1 aliphatic heterocycles. The van der Waals surface area contributed by atoms with E-state index in [1.807, 2.05) is 12.1 Å². The van der Waals surface area contributed by atoms with Crippen LogP contribution in [0, 0.1) is 5.92 Å². The number of alkyl halides is 2. The lowest BCUT2D eigenvalue weighted by Gasteiger charge is -2.39. The molecule has 2 rings (SSSR count). The number of nitrogens with one attached hydrogen (secondary N) is 1. The number of ether oxygens (including phenoxy) is 1. The highest BCUT2D eigenvalue weighted by Gasteiger charge is 2.27. The summed E-state index contributed by atoms with van der Waals surface area (Å²) in [6.07, 6.45) is 2.14. The van der Waals surface area contributed by atoms with E-state index in [0.29, 0.717) is 12.0 Å². The lowest BCUT2D eigenvalue weighted by Crippen LogP contribution is -2.48. The molecule has 1 aromatic carbocycles. The Morgan fingerprint density at radius 1 is 1.38 bits per heavy atom. The molecule has 1 N–H and O–H groups in total. The number of nitrogens with zero attached hydrogens (tertiary/aromatic N) is 1. The van der Waals surface area contributed by atoms with E-state index in [1.54, 1.807) is 12.1 Å². The summed E-state index contributed by atoms with van der Waals surface area (Å²) >= 11 is 0. The number of hydrogen-bond donors (Lipinski definition) is 1. The number of rotatable bonds is 6. The predicted octanol–water partition coefficient (Wildman–Crippen LogP) is 3.50. The molecule has 2 atom stereocenters. The van der Waals surface area contributed by atoms with Crippen molar-refractivity contribution in [1.82, 2.24) is 5.32 Å². The molecule has 1 saturated heterocycles. The van der Waals surface area contributed by atoms with Crippen LogP contribution >= 0.6 is 0 Å². The van der Waals surface area contributed by atoms with Crippen molar-refractivity contribution in [1.29, 1.82) is 0 Å². The minimum atomic E-state index is -2.78. The molecule has 2 unspecified atom stereocenters. The van der Waals surface area contributed by atoms with Crippen molar-refractivity contribution in [3.63, 3.8) is 0 Å². The third kappa shape index (κ3) is 4.30. The van der Waals surface area contributed by atoms with E-state index in [0.717, 1.165) is 38.2 Å². The topological polar surface area (TPSA) is 24.5 Å². The molecule has 0 radical (unpaired) electrons. The average molecular weight is 298 g/mol. The van der Waals surface area contributed by atoms with E-state index in [2.05, 4.69) is 28.8 Å². The van der Waals surface area contributed by atoms with Gasteiger partial charge in [-0.25, -0.2) is 0 Å². The number of benzene rings is 1. The second-order valence-corrected chi connectivity index (χ2v) is 5.62. The molecular formula is C16H24F2N2O. The second kappa shape index (κ2) is 7.59. The molecular weight excluding hydrogens is 274 g/mol. The van der Waals surface area contributed by atoms with Crippen LogP contribution in [0.4, 0.5) is 14.5 Å². The van der Waals surface area contributed by atoms with Crippen LogP contribution in [-0.4, -0.2) is 32.3 Å². The van der Waals surface area contributed by atoms with E-state index in [4.69, 9.17) is 0 Å². The molecule has 0 aliphatic carbocycles. The van der Waals surface area contributed by atoms with Crippen LogP contribution in [-0.2, 0) is 0 Å². The Hall–Kier alpha value is -1.36. The van der Waals surface area contributed by atoms with E-state index < -0.39 is 6.61 Å². The Balaban J connectivity index is 2.04. The zero-order valence-electron chi connectivity index (χ0n) is 12.7. The summed E-state index contributed by atoms with van der Waals surface area (Å²) in [5.74, 6) is 0.740. The van der Waals surface area contributed by atoms with Gasteiger partial charge in [0.2, 0.25) is 0 Å². The van der Waals surface area contributed by atoms with Crippen molar-refractivity contribution in [2.45, 2.75) is 39.3 Å². The Labute approximate surface area is 125 Å². The van der Waals surface area contributed by atoms with Crippen molar-refractivity contribution in [3.05, 3.63) is 24.3 Å². The van der Waals surface area contributed by atoms with Crippen LogP contribution in [0.15, 0.2) is 24.3 Å². The lowest BCUT2D eigenvalue weighted by atomic mass is 9.93. The minimum Gasteiger partial charge on any atom is -0.433 e. The summed E-state index contributed by atoms with van der Waals surface area (Å²) in [7, 11) is 0. The molecule has 1 aliphatic rings. The maximum Gasteiger partial charge on any atom is 0.387 e. The first-order chi connectivity index (χ1) is 10.1. The highest BCUT2D eigenvalue weighted by molar-refractivity contribution is 5.58. The molecule has 1 heterocycles. The Morgan fingerprint density at radius 2 is 2.14 bits per heavy atom. The van der Waals surface area contributed by atoms with Crippen molar-refractivity contribution in [2.24, 2.45) is 5.92 Å². The van der Waals surface area contributed by atoms with Gasteiger partial charge in [0, 0.05) is 19.1 Å². The van der Waals surface area contributed by atoms with Gasteiger partial charge in [-0.3, -0.25) is 0 Å². The van der Waals surface area contributed by atoms with Gasteiger partial charge < -0.3 is 15.0 Å². The number of halogens is 2. The van der Waals surface area contributed by atoms with E-state index in [-0.39, 0.29) is 5.75 Å².